The van der Waals surface area contributed by atoms with Crippen LogP contribution >= 0.6 is 0 Å². The second-order valence-corrected chi connectivity index (χ2v) is 6.69. The van der Waals surface area contributed by atoms with Crippen molar-refractivity contribution in [3.8, 4) is 0 Å². The van der Waals surface area contributed by atoms with Crippen molar-refractivity contribution in [1.29, 1.82) is 0 Å². The molecule has 0 radical (unpaired) electrons. The number of alkyl halides is 9. The number of aliphatic hydroxyl groups excluding tert-OH is 3. The zero-order chi connectivity index (χ0) is 21.9. The summed E-state index contributed by atoms with van der Waals surface area (Å²) in [5.74, 6) is -19.5. The van der Waals surface area contributed by atoms with Gasteiger partial charge in [-0.3, -0.25) is 0 Å². The molecule has 0 bridgehead atoms. The topological polar surface area (TPSA) is 134 Å². The normalized spacial score (nSPS) is 31.4. The van der Waals surface area contributed by atoms with Crippen molar-refractivity contribution in [3.63, 3.8) is 0 Å². The summed E-state index contributed by atoms with van der Waals surface area (Å²) >= 11 is 0. The minimum atomic E-state index is -7.65. The maximum Gasteiger partial charge on any atom is 0.460 e. The Morgan fingerprint density at radius 3 is 1.74 bits per heavy atom. The number of rotatable bonds is 6. The zero-order valence-corrected chi connectivity index (χ0v) is 13.0. The molecule has 1 saturated heterocycles. The lowest BCUT2D eigenvalue weighted by atomic mass is 10.1. The molecule has 4 N–H and O–H groups in total. The van der Waals surface area contributed by atoms with E-state index in [0.29, 0.717) is 0 Å². The lowest BCUT2D eigenvalue weighted by Gasteiger charge is -2.34. The van der Waals surface area contributed by atoms with E-state index in [-0.39, 0.29) is 0 Å². The summed E-state index contributed by atoms with van der Waals surface area (Å²) < 4.78 is 144. The summed E-state index contributed by atoms with van der Waals surface area (Å²) in [6.45, 7) is -1.33. The van der Waals surface area contributed by atoms with E-state index in [2.05, 4.69) is 8.92 Å². The fraction of sp³-hybridized carbons (Fsp3) is 1.00. The van der Waals surface area contributed by atoms with Crippen LogP contribution in [0.3, 0.4) is 0 Å². The monoisotopic (exact) mass is 448 g/mol. The van der Waals surface area contributed by atoms with E-state index in [4.69, 9.17) is 5.11 Å². The second kappa shape index (κ2) is 6.56. The van der Waals surface area contributed by atoms with Crippen molar-refractivity contribution in [2.24, 2.45) is 0 Å². The minimum absolute atomic E-state index is 1.33. The molecule has 0 spiro atoms. The van der Waals surface area contributed by atoms with Gasteiger partial charge in [0.15, 0.2) is 6.10 Å². The lowest BCUT2D eigenvalue weighted by molar-refractivity contribution is -0.385. The smallest absolute Gasteiger partial charge is 0.394 e. The predicted molar refractivity (Wildman–Crippen MR) is 59.8 cm³/mol. The molecule has 1 heterocycles. The van der Waals surface area contributed by atoms with Gasteiger partial charge in [0.2, 0.25) is 0 Å². The molecule has 1 aliphatic rings. The van der Waals surface area contributed by atoms with Crippen LogP contribution in [0.5, 0.6) is 0 Å². The maximum atomic E-state index is 13.4. The molecule has 18 heteroatoms. The van der Waals surface area contributed by atoms with Crippen LogP contribution in [0.1, 0.15) is 0 Å². The summed E-state index contributed by atoms with van der Waals surface area (Å²) in [6, 6.07) is 0. The Morgan fingerprint density at radius 1 is 0.963 bits per heavy atom. The van der Waals surface area contributed by atoms with E-state index in [9.17, 15) is 63.3 Å². The molecule has 1 aliphatic heterocycles. The fourth-order valence-electron chi connectivity index (χ4n) is 1.72. The highest BCUT2D eigenvalue weighted by Gasteiger charge is 2.86. The highest BCUT2D eigenvalue weighted by molar-refractivity contribution is 7.87. The molecular formula is C9H9F9O8S. The maximum absolute atomic E-state index is 13.4. The second-order valence-electron chi connectivity index (χ2n) is 5.11. The van der Waals surface area contributed by atoms with Crippen molar-refractivity contribution < 1.29 is 77.3 Å². The molecule has 0 aromatic rings. The van der Waals surface area contributed by atoms with Gasteiger partial charge in [-0.05, 0) is 0 Å². The minimum Gasteiger partial charge on any atom is -0.394 e. The molecule has 0 amide bonds. The number of ether oxygens (including phenoxy) is 1. The van der Waals surface area contributed by atoms with Crippen LogP contribution in [-0.2, 0) is 19.0 Å². The molecule has 0 unspecified atom stereocenters. The molecule has 4 atom stereocenters. The van der Waals surface area contributed by atoms with Gasteiger partial charge in [-0.25, -0.2) is 4.18 Å². The van der Waals surface area contributed by atoms with Crippen LogP contribution in [0.15, 0.2) is 0 Å². The summed E-state index contributed by atoms with van der Waals surface area (Å²) in [4.78, 5) is 0. The Balaban J connectivity index is 3.34. The van der Waals surface area contributed by atoms with Gasteiger partial charge in [0, 0.05) is 0 Å². The highest BCUT2D eigenvalue weighted by Crippen LogP contribution is 2.55. The van der Waals surface area contributed by atoms with Crippen LogP contribution in [0.4, 0.5) is 39.5 Å². The Kier molecular flexibility index (Phi) is 5.86. The molecule has 0 saturated carbocycles. The van der Waals surface area contributed by atoms with Gasteiger partial charge in [-0.1, -0.05) is 0 Å². The van der Waals surface area contributed by atoms with E-state index >= 15 is 0 Å². The number of hydrogen-bond donors (Lipinski definition) is 4. The van der Waals surface area contributed by atoms with E-state index in [1.807, 2.05) is 0 Å². The van der Waals surface area contributed by atoms with Gasteiger partial charge < -0.3 is 25.2 Å². The standard InChI is InChI=1S/C9H9F9O8S/c10-6(11,8(14,15)16)7(12,13)9(17,18)27(23,24)26-5(22)4(21)3(20)2(1-19)25-5/h2-4,19-22H,1H2/t2-,3-,4-,5+/m1/s1. The van der Waals surface area contributed by atoms with Gasteiger partial charge in [-0.15, -0.1) is 0 Å². The third-order valence-corrected chi connectivity index (χ3v) is 4.58. The average molecular weight is 448 g/mol. The van der Waals surface area contributed by atoms with Crippen molar-refractivity contribution in [1.82, 2.24) is 0 Å². The molecule has 8 nitrogen and oxygen atoms in total. The van der Waals surface area contributed by atoms with Gasteiger partial charge in [0.05, 0.1) is 6.61 Å². The van der Waals surface area contributed by atoms with Gasteiger partial charge >= 0.3 is 39.4 Å². The SMILES string of the molecule is O=S(=O)(O[C@@]1(O)O[C@H](CO)[C@@H](O)[C@H]1O)C(F)(F)C(F)(F)C(F)(F)C(F)(F)F. The zero-order valence-electron chi connectivity index (χ0n) is 12.2. The quantitative estimate of drug-likeness (QED) is 0.243. The van der Waals surface area contributed by atoms with Gasteiger partial charge in [-0.2, -0.15) is 47.9 Å². The third-order valence-electron chi connectivity index (χ3n) is 3.24. The van der Waals surface area contributed by atoms with E-state index < -0.39 is 64.3 Å². The average Bonchev–Trinajstić information content (AvgIpc) is 2.68. The first-order valence-electron chi connectivity index (χ1n) is 6.22. The Bertz CT molecular complexity index is 665. The first-order chi connectivity index (χ1) is 11.7. The number of hydrogen-bond acceptors (Lipinski definition) is 8. The van der Waals surface area contributed by atoms with Crippen LogP contribution in [0, 0.1) is 0 Å². The Hall–Kier alpha value is -0.920. The summed E-state index contributed by atoms with van der Waals surface area (Å²) in [5, 5.41) is 29.2. The molecule has 1 fully saturated rings. The fourth-order valence-corrected chi connectivity index (χ4v) is 2.72. The molecule has 0 aliphatic carbocycles. The predicted octanol–water partition coefficient (Wildman–Crippen LogP) is -0.482. The molecule has 0 aromatic heterocycles. The Morgan fingerprint density at radius 2 is 1.41 bits per heavy atom. The molecule has 1 rings (SSSR count). The first-order valence-corrected chi connectivity index (χ1v) is 7.63. The van der Waals surface area contributed by atoms with Gasteiger partial charge in [0.25, 0.3) is 0 Å². The molecule has 162 valence electrons. The summed E-state index contributed by atoms with van der Waals surface area (Å²) in [7, 11) is -7.58. The lowest BCUT2D eigenvalue weighted by Crippen LogP contribution is -2.64. The number of aliphatic hydroxyl groups is 4. The van der Waals surface area contributed by atoms with Crippen molar-refractivity contribution in [2.45, 2.75) is 47.6 Å². The van der Waals surface area contributed by atoms with Crippen LogP contribution in [-0.4, -0.2) is 83.0 Å². The van der Waals surface area contributed by atoms with E-state index in [0.717, 1.165) is 0 Å². The van der Waals surface area contributed by atoms with Crippen LogP contribution < -0.4 is 0 Å². The van der Waals surface area contributed by atoms with Crippen LogP contribution in [0.25, 0.3) is 0 Å². The van der Waals surface area contributed by atoms with Crippen molar-refractivity contribution >= 4 is 10.1 Å². The third kappa shape index (κ3) is 3.47. The summed E-state index contributed by atoms with van der Waals surface area (Å²) in [6.07, 6.45) is -15.0. The molecule has 27 heavy (non-hydrogen) atoms. The van der Waals surface area contributed by atoms with Crippen molar-refractivity contribution in [3.05, 3.63) is 0 Å². The highest BCUT2D eigenvalue weighted by atomic mass is 32.2. The molecule has 0 aromatic carbocycles. The molecular weight excluding hydrogens is 439 g/mol. The Labute approximate surface area is 142 Å². The van der Waals surface area contributed by atoms with E-state index in [1.165, 1.54) is 0 Å². The summed E-state index contributed by atoms with van der Waals surface area (Å²) in [5.41, 5.74) is 0. The van der Waals surface area contributed by atoms with Gasteiger partial charge in [0.1, 0.15) is 12.2 Å². The van der Waals surface area contributed by atoms with E-state index in [1.54, 1.807) is 0 Å². The first kappa shape index (κ1) is 24.1. The number of halogens is 9. The van der Waals surface area contributed by atoms with Crippen molar-refractivity contribution in [2.75, 3.05) is 6.61 Å². The largest absolute Gasteiger partial charge is 0.460 e. The van der Waals surface area contributed by atoms with Crippen LogP contribution in [0.2, 0.25) is 0 Å².